The topological polar surface area (TPSA) is 135 Å². The van der Waals surface area contributed by atoms with Crippen LogP contribution in [0.2, 0.25) is 0 Å². The first kappa shape index (κ1) is 29.7. The van der Waals surface area contributed by atoms with Crippen LogP contribution in [0.4, 0.5) is 0 Å². The lowest BCUT2D eigenvalue weighted by Crippen LogP contribution is -2.40. The fourth-order valence-electron chi connectivity index (χ4n) is 4.38. The maximum absolute atomic E-state index is 14.0. The molecule has 2 amide bonds. The molecule has 0 aliphatic heterocycles. The van der Waals surface area contributed by atoms with Gasteiger partial charge in [-0.05, 0) is 50.5 Å². The molecule has 1 aliphatic carbocycles. The van der Waals surface area contributed by atoms with E-state index in [4.69, 9.17) is 9.15 Å². The minimum Gasteiger partial charge on any atom is -0.495 e. The van der Waals surface area contributed by atoms with E-state index in [1.807, 2.05) is 29.8 Å². The second-order valence-corrected chi connectivity index (χ2v) is 13.1. The Labute approximate surface area is 238 Å². The van der Waals surface area contributed by atoms with Crippen molar-refractivity contribution in [2.45, 2.75) is 57.9 Å². The molecule has 0 saturated heterocycles. The van der Waals surface area contributed by atoms with Gasteiger partial charge >= 0.3 is 10.2 Å². The number of aryl methyl sites for hydroxylation is 3. The Morgan fingerprint density at radius 3 is 2.48 bits per heavy atom. The highest BCUT2D eigenvalue weighted by Gasteiger charge is 2.54. The third-order valence-electron chi connectivity index (χ3n) is 6.91. The van der Waals surface area contributed by atoms with Gasteiger partial charge in [-0.25, -0.2) is 9.71 Å². The van der Waals surface area contributed by atoms with Crippen LogP contribution in [0, 0.1) is 6.92 Å². The van der Waals surface area contributed by atoms with Gasteiger partial charge in [-0.1, -0.05) is 6.92 Å². The number of furan rings is 1. The number of nitrogens with zero attached hydrogens (tertiary/aromatic N) is 4. The van der Waals surface area contributed by atoms with E-state index in [0.717, 1.165) is 22.2 Å². The van der Waals surface area contributed by atoms with Crippen molar-refractivity contribution in [1.29, 1.82) is 0 Å². The number of aromatic nitrogens is 2. The van der Waals surface area contributed by atoms with Gasteiger partial charge in [-0.3, -0.25) is 14.6 Å². The molecule has 1 aliphatic rings. The quantitative estimate of drug-likeness (QED) is 0.321. The molecule has 1 fully saturated rings. The van der Waals surface area contributed by atoms with Crippen LogP contribution in [0.15, 0.2) is 34.9 Å². The molecule has 0 aromatic carbocycles. The molecule has 1 saturated carbocycles. The number of rotatable bonds is 13. The van der Waals surface area contributed by atoms with Crippen molar-refractivity contribution in [2.24, 2.45) is 0 Å². The number of methoxy groups -OCH3 is 1. The molecule has 3 heterocycles. The fraction of sp³-hybridized carbons (Fsp3) is 0.481. The minimum absolute atomic E-state index is 0.0264. The number of carbonyl (C=O) groups is 2. The van der Waals surface area contributed by atoms with Gasteiger partial charge in [-0.15, -0.1) is 11.3 Å². The van der Waals surface area contributed by atoms with Gasteiger partial charge in [0.25, 0.3) is 5.91 Å². The van der Waals surface area contributed by atoms with Crippen LogP contribution in [-0.2, 0) is 39.8 Å². The summed E-state index contributed by atoms with van der Waals surface area (Å²) in [6.45, 7) is 4.38. The van der Waals surface area contributed by atoms with Crippen molar-refractivity contribution in [3.05, 3.63) is 63.3 Å². The molecular weight excluding hydrogens is 554 g/mol. The summed E-state index contributed by atoms with van der Waals surface area (Å²) >= 11 is 1.27. The summed E-state index contributed by atoms with van der Waals surface area (Å²) in [7, 11) is 0.261. The zero-order valence-electron chi connectivity index (χ0n) is 23.4. The molecule has 3 aromatic rings. The van der Waals surface area contributed by atoms with Crippen LogP contribution in [0.25, 0.3) is 0 Å². The van der Waals surface area contributed by atoms with E-state index in [2.05, 4.69) is 9.97 Å². The molecule has 3 aromatic heterocycles. The summed E-state index contributed by atoms with van der Waals surface area (Å²) in [4.78, 5) is 38.0. The molecule has 0 atom stereocenters. The first-order valence-corrected chi connectivity index (χ1v) is 15.3. The van der Waals surface area contributed by atoms with Gasteiger partial charge in [0, 0.05) is 38.4 Å². The van der Waals surface area contributed by atoms with Crippen LogP contribution in [0.3, 0.4) is 0 Å². The monoisotopic (exact) mass is 589 g/mol. The normalized spacial score (nSPS) is 14.2. The van der Waals surface area contributed by atoms with Gasteiger partial charge in [0.15, 0.2) is 0 Å². The van der Waals surface area contributed by atoms with Gasteiger partial charge in [0.05, 0.1) is 31.0 Å². The summed E-state index contributed by atoms with van der Waals surface area (Å²) in [5, 5.41) is 0.544. The van der Waals surface area contributed by atoms with Crippen LogP contribution in [0.1, 0.15) is 63.8 Å². The maximum atomic E-state index is 14.0. The molecule has 216 valence electrons. The molecule has 0 radical (unpaired) electrons. The molecule has 40 heavy (non-hydrogen) atoms. The highest BCUT2D eigenvalue weighted by molar-refractivity contribution is 7.87. The van der Waals surface area contributed by atoms with Crippen molar-refractivity contribution >= 4 is 33.4 Å². The van der Waals surface area contributed by atoms with Crippen molar-refractivity contribution < 1.29 is 27.2 Å². The van der Waals surface area contributed by atoms with E-state index in [1.165, 1.54) is 25.4 Å². The number of nitrogens with one attached hydrogen (secondary N) is 1. The van der Waals surface area contributed by atoms with Crippen LogP contribution in [0.5, 0.6) is 5.75 Å². The van der Waals surface area contributed by atoms with Gasteiger partial charge in [0.2, 0.25) is 5.91 Å². The number of ether oxygens (including phenoxy) is 1. The van der Waals surface area contributed by atoms with E-state index >= 15 is 0 Å². The third kappa shape index (κ3) is 6.53. The Morgan fingerprint density at radius 2 is 1.90 bits per heavy atom. The molecule has 0 bridgehead atoms. The standard InChI is InChI=1S/C27H35N5O6S2/c1-6-19-9-10-20(38-19)8-7-15-32(26(34)27(13-14-27)22-12-11-21(37-5)16-28-22)17-23-29-24(18(2)39-23)25(33)30-40(35,36)31(3)4/h9-12,16H,6-8,13-15,17H2,1-5H3,(H,30,33). The number of amides is 2. The predicted octanol–water partition coefficient (Wildman–Crippen LogP) is 3.24. The second-order valence-electron chi connectivity index (χ2n) is 9.95. The molecule has 13 heteroatoms. The van der Waals surface area contributed by atoms with Crippen molar-refractivity contribution in [2.75, 3.05) is 27.7 Å². The summed E-state index contributed by atoms with van der Waals surface area (Å²) in [5.41, 5.74) is 0.0168. The highest BCUT2D eigenvalue weighted by atomic mass is 32.2. The number of pyridine rings is 1. The Kier molecular flexibility index (Phi) is 8.96. The molecule has 4 rings (SSSR count). The summed E-state index contributed by atoms with van der Waals surface area (Å²) in [6, 6.07) is 7.57. The molecule has 1 N–H and O–H groups in total. The van der Waals surface area contributed by atoms with Crippen molar-refractivity contribution in [1.82, 2.24) is 23.9 Å². The van der Waals surface area contributed by atoms with Gasteiger partial charge < -0.3 is 14.1 Å². The molecule has 11 nitrogen and oxygen atoms in total. The van der Waals surface area contributed by atoms with Gasteiger partial charge in [-0.2, -0.15) is 12.7 Å². The van der Waals surface area contributed by atoms with E-state index in [9.17, 15) is 18.0 Å². The van der Waals surface area contributed by atoms with Crippen molar-refractivity contribution in [3.8, 4) is 5.75 Å². The molecule has 0 spiro atoms. The smallest absolute Gasteiger partial charge is 0.303 e. The zero-order chi connectivity index (χ0) is 29.1. The number of hydrogen-bond acceptors (Lipinski definition) is 9. The van der Waals surface area contributed by atoms with E-state index in [-0.39, 0.29) is 18.1 Å². The van der Waals surface area contributed by atoms with Crippen LogP contribution < -0.4 is 9.46 Å². The third-order valence-corrected chi connectivity index (χ3v) is 9.27. The summed E-state index contributed by atoms with van der Waals surface area (Å²) < 4.78 is 38.3. The molecule has 0 unspecified atom stereocenters. The number of carbonyl (C=O) groups excluding carboxylic acids is 2. The lowest BCUT2D eigenvalue weighted by Gasteiger charge is -2.26. The largest absolute Gasteiger partial charge is 0.495 e. The SMILES string of the molecule is CCc1ccc(CCCN(Cc2nc(C(=O)NS(=O)(=O)N(C)C)c(C)s2)C(=O)C2(c3ccc(OC)cn3)CC2)o1. The zero-order valence-corrected chi connectivity index (χ0v) is 25.0. The first-order valence-electron chi connectivity index (χ1n) is 13.1. The van der Waals surface area contributed by atoms with E-state index in [0.29, 0.717) is 53.6 Å². The molecular formula is C27H35N5O6S2. The first-order chi connectivity index (χ1) is 19.0. The second kappa shape index (κ2) is 12.1. The average Bonchev–Trinajstić information content (AvgIpc) is 3.46. The van der Waals surface area contributed by atoms with Crippen LogP contribution in [-0.4, -0.2) is 67.2 Å². The highest BCUT2D eigenvalue weighted by Crippen LogP contribution is 2.49. The van der Waals surface area contributed by atoms with Crippen molar-refractivity contribution in [3.63, 3.8) is 0 Å². The lowest BCUT2D eigenvalue weighted by molar-refractivity contribution is -0.134. The Balaban J connectivity index is 1.55. The predicted molar refractivity (Wildman–Crippen MR) is 150 cm³/mol. The van der Waals surface area contributed by atoms with Gasteiger partial charge in [0.1, 0.15) is 28.0 Å². The Bertz CT molecular complexity index is 1460. The summed E-state index contributed by atoms with van der Waals surface area (Å²) in [5.74, 6) is 1.55. The Hall–Kier alpha value is -3.29. The van der Waals surface area contributed by atoms with Crippen LogP contribution >= 0.6 is 11.3 Å². The average molecular weight is 590 g/mol. The van der Waals surface area contributed by atoms with E-state index < -0.39 is 21.5 Å². The maximum Gasteiger partial charge on any atom is 0.303 e. The Morgan fingerprint density at radius 1 is 1.18 bits per heavy atom. The lowest BCUT2D eigenvalue weighted by atomic mass is 9.99. The minimum atomic E-state index is -3.97. The summed E-state index contributed by atoms with van der Waals surface area (Å²) in [6.07, 6.45) is 5.15. The van der Waals surface area contributed by atoms with E-state index in [1.54, 1.807) is 31.2 Å². The fourth-order valence-corrected chi connectivity index (χ4v) is 5.84. The number of hydrogen-bond donors (Lipinski definition) is 1. The number of thiazole rings is 1.